The summed E-state index contributed by atoms with van der Waals surface area (Å²) in [6.45, 7) is 1.31. The van der Waals surface area contributed by atoms with Crippen molar-refractivity contribution in [1.82, 2.24) is 0 Å². The van der Waals surface area contributed by atoms with E-state index in [4.69, 9.17) is 0 Å². The summed E-state index contributed by atoms with van der Waals surface area (Å²) in [5, 5.41) is 21.7. The summed E-state index contributed by atoms with van der Waals surface area (Å²) in [5.41, 5.74) is -0.708. The Morgan fingerprint density at radius 1 is 1.26 bits per heavy atom. The molecule has 0 aliphatic rings. The van der Waals surface area contributed by atoms with Crippen molar-refractivity contribution in [3.63, 3.8) is 0 Å². The molecule has 0 amide bonds. The predicted molar refractivity (Wildman–Crippen MR) is 67.2 cm³/mol. The molecule has 0 saturated heterocycles. The number of rotatable bonds is 5. The van der Waals surface area contributed by atoms with Crippen LogP contribution < -0.4 is 0 Å². The van der Waals surface area contributed by atoms with Crippen LogP contribution in [0.15, 0.2) is 17.0 Å². The van der Waals surface area contributed by atoms with Gasteiger partial charge < -0.3 is 4.74 Å². The third-order valence-corrected chi connectivity index (χ3v) is 3.25. The summed E-state index contributed by atoms with van der Waals surface area (Å²) >= 11 is 0.942. The molecule has 1 rings (SSSR count). The molecule has 0 fully saturated rings. The molecule has 0 aromatic heterocycles. The molecule has 0 saturated carbocycles. The maximum absolute atomic E-state index is 11.0. The van der Waals surface area contributed by atoms with Gasteiger partial charge in [-0.25, -0.2) is 0 Å². The van der Waals surface area contributed by atoms with E-state index >= 15 is 0 Å². The van der Waals surface area contributed by atoms with Crippen molar-refractivity contribution < 1.29 is 19.4 Å². The summed E-state index contributed by atoms with van der Waals surface area (Å²) in [6, 6.07) is 2.41. The largest absolute Gasteiger partial charge is 0.468 e. The van der Waals surface area contributed by atoms with Gasteiger partial charge in [-0.05, 0) is 6.92 Å². The third-order valence-electron chi connectivity index (χ3n) is 2.30. The van der Waals surface area contributed by atoms with Crippen molar-refractivity contribution in [2.75, 3.05) is 12.9 Å². The first kappa shape index (κ1) is 14.9. The maximum Gasteiger partial charge on any atom is 0.315 e. The van der Waals surface area contributed by atoms with E-state index in [0.29, 0.717) is 0 Å². The topological polar surface area (TPSA) is 113 Å². The summed E-state index contributed by atoms with van der Waals surface area (Å²) in [4.78, 5) is 31.5. The van der Waals surface area contributed by atoms with Crippen LogP contribution in [0.4, 0.5) is 11.4 Å². The van der Waals surface area contributed by atoms with Crippen LogP contribution in [0.1, 0.15) is 5.56 Å². The molecule has 1 aromatic rings. The number of benzene rings is 1. The van der Waals surface area contributed by atoms with Gasteiger partial charge in [0.1, 0.15) is 5.56 Å². The molecular weight excluding hydrogens is 276 g/mol. The minimum absolute atomic E-state index is 0.0163. The van der Waals surface area contributed by atoms with E-state index in [9.17, 15) is 25.0 Å². The van der Waals surface area contributed by atoms with E-state index in [2.05, 4.69) is 4.74 Å². The van der Waals surface area contributed by atoms with E-state index in [1.54, 1.807) is 0 Å². The number of hydrogen-bond donors (Lipinski definition) is 0. The van der Waals surface area contributed by atoms with Crippen molar-refractivity contribution in [2.45, 2.75) is 11.8 Å². The molecule has 102 valence electrons. The Morgan fingerprint density at radius 2 is 1.74 bits per heavy atom. The average Bonchev–Trinajstić information content (AvgIpc) is 2.36. The van der Waals surface area contributed by atoms with Crippen LogP contribution in [0.5, 0.6) is 0 Å². The Balaban J connectivity index is 3.15. The first-order valence-electron chi connectivity index (χ1n) is 5.00. The van der Waals surface area contributed by atoms with Crippen molar-refractivity contribution in [3.8, 4) is 0 Å². The second-order valence-electron chi connectivity index (χ2n) is 3.47. The molecule has 0 heterocycles. The molecule has 0 aliphatic carbocycles. The van der Waals surface area contributed by atoms with E-state index in [1.165, 1.54) is 26.2 Å². The lowest BCUT2D eigenvalue weighted by molar-refractivity contribution is -0.395. The van der Waals surface area contributed by atoms with E-state index in [-0.39, 0.29) is 27.6 Å². The van der Waals surface area contributed by atoms with Crippen molar-refractivity contribution in [3.05, 3.63) is 37.9 Å². The highest BCUT2D eigenvalue weighted by atomic mass is 32.2. The van der Waals surface area contributed by atoms with Crippen LogP contribution in [0, 0.1) is 27.2 Å². The molecule has 0 spiro atoms. The van der Waals surface area contributed by atoms with Gasteiger partial charge in [-0.1, -0.05) is 0 Å². The van der Waals surface area contributed by atoms with Gasteiger partial charge >= 0.3 is 5.97 Å². The first-order valence-corrected chi connectivity index (χ1v) is 5.98. The third kappa shape index (κ3) is 3.65. The number of methoxy groups -OCH3 is 1. The van der Waals surface area contributed by atoms with Gasteiger partial charge in [0, 0.05) is 17.0 Å². The number of nitro benzene ring substituents is 2. The van der Waals surface area contributed by atoms with E-state index < -0.39 is 15.8 Å². The van der Waals surface area contributed by atoms with Gasteiger partial charge in [0.15, 0.2) is 0 Å². The summed E-state index contributed by atoms with van der Waals surface area (Å²) < 4.78 is 4.42. The quantitative estimate of drug-likeness (QED) is 0.352. The zero-order chi connectivity index (χ0) is 14.6. The number of carbonyl (C=O) groups is 1. The second kappa shape index (κ2) is 6.14. The van der Waals surface area contributed by atoms with Crippen LogP contribution in [0.25, 0.3) is 0 Å². The van der Waals surface area contributed by atoms with Gasteiger partial charge in [-0.15, -0.1) is 11.8 Å². The zero-order valence-electron chi connectivity index (χ0n) is 10.1. The van der Waals surface area contributed by atoms with Crippen LogP contribution in [0.3, 0.4) is 0 Å². The number of carbonyl (C=O) groups excluding carboxylic acids is 1. The standard InChI is InChI=1S/C10H10N2O6S/c1-6-8(11(14)15)3-7(4-9(6)12(16)17)19-5-10(13)18-2/h3-4H,5H2,1-2H3. The summed E-state index contributed by atoms with van der Waals surface area (Å²) in [6.07, 6.45) is 0. The Bertz CT molecular complexity index is 510. The van der Waals surface area contributed by atoms with Crippen LogP contribution >= 0.6 is 11.8 Å². The van der Waals surface area contributed by atoms with Crippen molar-refractivity contribution in [2.24, 2.45) is 0 Å². The molecule has 8 nitrogen and oxygen atoms in total. The lowest BCUT2D eigenvalue weighted by Crippen LogP contribution is -2.03. The van der Waals surface area contributed by atoms with Crippen molar-refractivity contribution in [1.29, 1.82) is 0 Å². The van der Waals surface area contributed by atoms with Gasteiger partial charge in [-0.3, -0.25) is 25.0 Å². The first-order chi connectivity index (χ1) is 8.86. The fourth-order valence-corrected chi connectivity index (χ4v) is 2.11. The minimum Gasteiger partial charge on any atom is -0.468 e. The fourth-order valence-electron chi connectivity index (χ4n) is 1.32. The molecule has 9 heteroatoms. The monoisotopic (exact) mass is 286 g/mol. The number of thioether (sulfide) groups is 1. The minimum atomic E-state index is -0.690. The van der Waals surface area contributed by atoms with E-state index in [1.807, 2.05) is 0 Å². The molecule has 0 atom stereocenters. The molecule has 0 aliphatic heterocycles. The highest BCUT2D eigenvalue weighted by molar-refractivity contribution is 8.00. The van der Waals surface area contributed by atoms with Gasteiger partial charge in [0.05, 0.1) is 22.7 Å². The second-order valence-corrected chi connectivity index (χ2v) is 4.51. The van der Waals surface area contributed by atoms with Crippen LogP contribution in [-0.4, -0.2) is 28.7 Å². The van der Waals surface area contributed by atoms with Crippen molar-refractivity contribution >= 4 is 29.1 Å². The highest BCUT2D eigenvalue weighted by Crippen LogP contribution is 2.33. The smallest absolute Gasteiger partial charge is 0.315 e. The Labute approximate surface area is 112 Å². The molecule has 0 radical (unpaired) electrons. The lowest BCUT2D eigenvalue weighted by atomic mass is 10.1. The number of esters is 1. The predicted octanol–water partition coefficient (Wildman–Crippen LogP) is 2.08. The average molecular weight is 286 g/mol. The Hall–Kier alpha value is -2.16. The number of hydrogen-bond acceptors (Lipinski definition) is 7. The Kier molecular flexibility index (Phi) is 4.81. The van der Waals surface area contributed by atoms with Gasteiger partial charge in [0.2, 0.25) is 0 Å². The van der Waals surface area contributed by atoms with E-state index in [0.717, 1.165) is 11.8 Å². The SMILES string of the molecule is COC(=O)CSc1cc([N+](=O)[O-])c(C)c([N+](=O)[O-])c1. The molecule has 1 aromatic carbocycles. The Morgan fingerprint density at radius 3 is 2.11 bits per heavy atom. The number of nitrogens with zero attached hydrogens (tertiary/aromatic N) is 2. The zero-order valence-corrected chi connectivity index (χ0v) is 10.9. The lowest BCUT2D eigenvalue weighted by Gasteiger charge is -2.04. The highest BCUT2D eigenvalue weighted by Gasteiger charge is 2.23. The van der Waals surface area contributed by atoms with Gasteiger partial charge in [-0.2, -0.15) is 0 Å². The summed E-state index contributed by atoms with van der Waals surface area (Å²) in [5.74, 6) is -0.593. The molecule has 0 unspecified atom stereocenters. The fraction of sp³-hybridized carbons (Fsp3) is 0.300. The number of ether oxygens (including phenoxy) is 1. The molecule has 0 bridgehead atoms. The number of nitro groups is 2. The molecule has 19 heavy (non-hydrogen) atoms. The van der Waals surface area contributed by atoms with Gasteiger partial charge in [0.25, 0.3) is 11.4 Å². The maximum atomic E-state index is 11.0. The summed E-state index contributed by atoms with van der Waals surface area (Å²) in [7, 11) is 1.21. The van der Waals surface area contributed by atoms with Crippen LogP contribution in [-0.2, 0) is 9.53 Å². The van der Waals surface area contributed by atoms with Crippen LogP contribution in [0.2, 0.25) is 0 Å². The molecular formula is C10H10N2O6S. The molecule has 0 N–H and O–H groups in total. The normalized spacial score (nSPS) is 10.0.